The molecule has 5 rings (SSSR count). The van der Waals surface area contributed by atoms with Crippen LogP contribution >= 0.6 is 11.8 Å². The summed E-state index contributed by atoms with van der Waals surface area (Å²) in [5.41, 5.74) is 2.90. The first-order valence-corrected chi connectivity index (χ1v) is 16.5. The van der Waals surface area contributed by atoms with E-state index in [0.29, 0.717) is 44.5 Å². The zero-order valence-electron chi connectivity index (χ0n) is 27.9. The van der Waals surface area contributed by atoms with Gasteiger partial charge in [-0.05, 0) is 66.6 Å². The molecule has 3 N–H and O–H groups in total. The minimum absolute atomic E-state index is 0.0477. The standard InChI is InChI=1S/C39H34N4O7S/c1-25-22-30(43(47)48)20-21-32(25)41-39(46)36(26-12-6-4-7-13-26)51-31-18-11-17-29(24-31)40-38(45)33(42-37(44)27-14-8-5-9-15-27)23-28-16-10-19-34(49-2)35(28)50-3/h4-24,36H,1-3H3,(H,40,45)(H,41,46)(H,42,44)/b33-23+. The predicted molar refractivity (Wildman–Crippen MR) is 198 cm³/mol. The summed E-state index contributed by atoms with van der Waals surface area (Å²) in [5.74, 6) is -0.586. The number of thioether (sulfide) groups is 1. The molecular formula is C39H34N4O7S. The van der Waals surface area contributed by atoms with E-state index in [1.165, 1.54) is 50.3 Å². The fourth-order valence-electron chi connectivity index (χ4n) is 5.11. The van der Waals surface area contributed by atoms with Gasteiger partial charge < -0.3 is 25.4 Å². The Morgan fingerprint density at radius 2 is 1.51 bits per heavy atom. The summed E-state index contributed by atoms with van der Waals surface area (Å²) in [7, 11) is 2.99. The molecule has 5 aromatic carbocycles. The van der Waals surface area contributed by atoms with Crippen LogP contribution in [0.15, 0.2) is 132 Å². The highest BCUT2D eigenvalue weighted by Crippen LogP contribution is 2.38. The Kier molecular flexibility index (Phi) is 11.8. The molecule has 0 spiro atoms. The molecule has 3 amide bonds. The van der Waals surface area contributed by atoms with E-state index in [1.807, 2.05) is 36.4 Å². The van der Waals surface area contributed by atoms with E-state index in [9.17, 15) is 24.5 Å². The normalized spacial score (nSPS) is 11.5. The van der Waals surface area contributed by atoms with Crippen molar-refractivity contribution in [2.75, 3.05) is 24.9 Å². The fourth-order valence-corrected chi connectivity index (χ4v) is 6.19. The SMILES string of the molecule is COc1cccc(/C=C(/NC(=O)c2ccccc2)C(=O)Nc2cccc(SC(C(=O)Nc3ccc([N+](=O)[O-])cc3C)c3ccccc3)c2)c1OC. The van der Waals surface area contributed by atoms with Gasteiger partial charge in [0.15, 0.2) is 11.5 Å². The maximum atomic E-state index is 13.8. The van der Waals surface area contributed by atoms with Gasteiger partial charge >= 0.3 is 0 Å². The maximum Gasteiger partial charge on any atom is 0.272 e. The third kappa shape index (κ3) is 9.19. The van der Waals surface area contributed by atoms with E-state index in [-0.39, 0.29) is 17.3 Å². The van der Waals surface area contributed by atoms with Gasteiger partial charge in [-0.2, -0.15) is 0 Å². The summed E-state index contributed by atoms with van der Waals surface area (Å²) >= 11 is 1.27. The molecule has 0 aromatic heterocycles. The van der Waals surface area contributed by atoms with Gasteiger partial charge in [0.1, 0.15) is 10.9 Å². The van der Waals surface area contributed by atoms with Gasteiger partial charge in [0.25, 0.3) is 17.5 Å². The lowest BCUT2D eigenvalue weighted by molar-refractivity contribution is -0.384. The van der Waals surface area contributed by atoms with Gasteiger partial charge in [0.2, 0.25) is 5.91 Å². The van der Waals surface area contributed by atoms with Gasteiger partial charge in [-0.3, -0.25) is 24.5 Å². The molecule has 258 valence electrons. The Morgan fingerprint density at radius 1 is 0.804 bits per heavy atom. The van der Waals surface area contributed by atoms with Crippen LogP contribution in [0.2, 0.25) is 0 Å². The molecule has 1 unspecified atom stereocenters. The Labute approximate surface area is 298 Å². The van der Waals surface area contributed by atoms with E-state index < -0.39 is 22.0 Å². The zero-order valence-corrected chi connectivity index (χ0v) is 28.7. The number of anilines is 2. The molecule has 0 aliphatic rings. The predicted octanol–water partition coefficient (Wildman–Crippen LogP) is 7.80. The van der Waals surface area contributed by atoms with Crippen molar-refractivity contribution in [3.63, 3.8) is 0 Å². The quantitative estimate of drug-likeness (QED) is 0.0487. The third-order valence-corrected chi connectivity index (χ3v) is 8.88. The number of nitro groups is 1. The summed E-state index contributed by atoms with van der Waals surface area (Å²) in [5, 5.41) is 19.0. The van der Waals surface area contributed by atoms with Crippen LogP contribution in [0.4, 0.5) is 17.1 Å². The lowest BCUT2D eigenvalue weighted by Crippen LogP contribution is -2.30. The number of nitrogens with zero attached hydrogens (tertiary/aromatic N) is 1. The molecule has 11 nitrogen and oxygen atoms in total. The van der Waals surface area contributed by atoms with Crippen molar-refractivity contribution in [2.24, 2.45) is 0 Å². The van der Waals surface area contributed by atoms with Crippen LogP contribution in [0.1, 0.15) is 32.3 Å². The second kappa shape index (κ2) is 16.8. The number of ether oxygens (including phenoxy) is 2. The number of amides is 3. The number of nitrogens with one attached hydrogen (secondary N) is 3. The number of nitro benzene ring substituents is 1. The molecule has 0 heterocycles. The number of carbonyl (C=O) groups excluding carboxylic acids is 3. The molecule has 0 aliphatic heterocycles. The molecule has 5 aromatic rings. The van der Waals surface area contributed by atoms with Crippen LogP contribution in [0.25, 0.3) is 6.08 Å². The first-order chi connectivity index (χ1) is 24.7. The fraction of sp³-hybridized carbons (Fsp3) is 0.103. The van der Waals surface area contributed by atoms with Crippen molar-refractivity contribution < 1.29 is 28.8 Å². The number of non-ortho nitro benzene ring substituents is 1. The highest BCUT2D eigenvalue weighted by atomic mass is 32.2. The highest BCUT2D eigenvalue weighted by molar-refractivity contribution is 8.00. The van der Waals surface area contributed by atoms with Crippen LogP contribution in [0.5, 0.6) is 11.5 Å². The van der Waals surface area contributed by atoms with Crippen molar-refractivity contribution in [1.82, 2.24) is 5.32 Å². The number of aryl methyl sites for hydroxylation is 1. The maximum absolute atomic E-state index is 13.8. The summed E-state index contributed by atoms with van der Waals surface area (Å²) < 4.78 is 11.0. The zero-order chi connectivity index (χ0) is 36.3. The van der Waals surface area contributed by atoms with Crippen LogP contribution in [0, 0.1) is 17.0 Å². The van der Waals surface area contributed by atoms with Gasteiger partial charge in [-0.15, -0.1) is 11.8 Å². The minimum atomic E-state index is -0.715. The molecule has 0 aliphatic carbocycles. The van der Waals surface area contributed by atoms with Gasteiger partial charge in [0.05, 0.1) is 19.1 Å². The molecule has 0 saturated heterocycles. The highest BCUT2D eigenvalue weighted by Gasteiger charge is 2.24. The average Bonchev–Trinajstić information content (AvgIpc) is 3.14. The summed E-state index contributed by atoms with van der Waals surface area (Å²) in [6.45, 7) is 1.69. The Balaban J connectivity index is 1.41. The van der Waals surface area contributed by atoms with Crippen molar-refractivity contribution in [3.8, 4) is 11.5 Å². The van der Waals surface area contributed by atoms with Crippen molar-refractivity contribution in [3.05, 3.63) is 159 Å². The molecule has 1 atom stereocenters. The van der Waals surface area contributed by atoms with E-state index in [2.05, 4.69) is 16.0 Å². The number of methoxy groups -OCH3 is 2. The molecule has 51 heavy (non-hydrogen) atoms. The van der Waals surface area contributed by atoms with Gasteiger partial charge in [-0.1, -0.05) is 66.7 Å². The second-order valence-electron chi connectivity index (χ2n) is 11.1. The monoisotopic (exact) mass is 702 g/mol. The van der Waals surface area contributed by atoms with Crippen LogP contribution in [-0.2, 0) is 9.59 Å². The second-order valence-corrected chi connectivity index (χ2v) is 12.3. The number of benzene rings is 5. The number of carbonyl (C=O) groups is 3. The van der Waals surface area contributed by atoms with E-state index in [0.717, 1.165) is 5.56 Å². The Morgan fingerprint density at radius 3 is 2.18 bits per heavy atom. The lowest BCUT2D eigenvalue weighted by Gasteiger charge is -2.18. The topological polar surface area (TPSA) is 149 Å². The number of rotatable bonds is 13. The number of para-hydroxylation sites is 1. The van der Waals surface area contributed by atoms with E-state index in [4.69, 9.17) is 9.47 Å². The van der Waals surface area contributed by atoms with Crippen LogP contribution < -0.4 is 25.4 Å². The first kappa shape index (κ1) is 35.9. The molecule has 0 bridgehead atoms. The van der Waals surface area contributed by atoms with Crippen LogP contribution in [0.3, 0.4) is 0 Å². The van der Waals surface area contributed by atoms with Gasteiger partial charge in [-0.25, -0.2) is 0 Å². The first-order valence-electron chi connectivity index (χ1n) is 15.6. The smallest absolute Gasteiger partial charge is 0.272 e. The van der Waals surface area contributed by atoms with Crippen molar-refractivity contribution >= 4 is 52.6 Å². The largest absolute Gasteiger partial charge is 0.493 e. The molecule has 0 radical (unpaired) electrons. The molecular weight excluding hydrogens is 669 g/mol. The van der Waals surface area contributed by atoms with E-state index >= 15 is 0 Å². The van der Waals surface area contributed by atoms with Crippen molar-refractivity contribution in [2.45, 2.75) is 17.1 Å². The summed E-state index contributed by atoms with van der Waals surface area (Å²) in [4.78, 5) is 52.1. The molecule has 0 saturated carbocycles. The molecule has 12 heteroatoms. The van der Waals surface area contributed by atoms with Gasteiger partial charge in [0, 0.05) is 39.5 Å². The van der Waals surface area contributed by atoms with E-state index in [1.54, 1.807) is 73.7 Å². The van der Waals surface area contributed by atoms with Crippen LogP contribution in [-0.4, -0.2) is 36.9 Å². The summed E-state index contributed by atoms with van der Waals surface area (Å²) in [6.07, 6.45) is 1.51. The summed E-state index contributed by atoms with van der Waals surface area (Å²) in [6, 6.07) is 34.1. The molecule has 0 fully saturated rings. The average molecular weight is 703 g/mol. The Hall–Kier alpha value is -6.40. The lowest BCUT2D eigenvalue weighted by atomic mass is 10.1. The number of hydrogen-bond acceptors (Lipinski definition) is 8. The number of hydrogen-bond donors (Lipinski definition) is 3. The minimum Gasteiger partial charge on any atom is -0.493 e. The Bertz CT molecular complexity index is 2090. The van der Waals surface area contributed by atoms with Crippen molar-refractivity contribution in [1.29, 1.82) is 0 Å². The third-order valence-electron chi connectivity index (χ3n) is 7.63.